The Hall–Kier alpha value is -2.70. The van der Waals surface area contributed by atoms with Crippen molar-refractivity contribution in [1.82, 2.24) is 20.1 Å². The second kappa shape index (κ2) is 9.85. The number of rotatable bonds is 7. The van der Waals surface area contributed by atoms with Gasteiger partial charge in [0.05, 0.1) is 0 Å². The molecule has 2 rings (SSSR count). The van der Waals surface area contributed by atoms with Crippen LogP contribution in [-0.4, -0.2) is 64.2 Å². The van der Waals surface area contributed by atoms with Crippen molar-refractivity contribution in [3.8, 4) is 0 Å². The van der Waals surface area contributed by atoms with E-state index in [0.29, 0.717) is 38.0 Å². The van der Waals surface area contributed by atoms with Crippen LogP contribution in [0.3, 0.4) is 0 Å². The average molecular weight is 372 g/mol. The standard InChI is InChI=1S/C20H28N4O3/c1-4-7-8-18(25)22-16-13-17(20(27)23(5-2)6-3)24(14-16)19(26)15-9-11-21-12-10-15/h4,7,9-12,16-17H,5-6,8,13-14H2,1-3H3,(H,22,25)/t16-,17-/m0/s1. The van der Waals surface area contributed by atoms with Crippen LogP contribution in [0.1, 0.15) is 44.0 Å². The van der Waals surface area contributed by atoms with Crippen LogP contribution in [0, 0.1) is 0 Å². The number of likely N-dealkylation sites (N-methyl/N-ethyl adjacent to an activating group) is 1. The maximum atomic E-state index is 13.0. The number of amides is 3. The lowest BCUT2D eigenvalue weighted by Gasteiger charge is -2.28. The number of nitrogens with one attached hydrogen (secondary N) is 1. The first kappa shape index (κ1) is 20.6. The number of likely N-dealkylation sites (tertiary alicyclic amines) is 1. The van der Waals surface area contributed by atoms with Crippen molar-refractivity contribution in [2.75, 3.05) is 19.6 Å². The molecule has 1 fully saturated rings. The number of nitrogens with zero attached hydrogens (tertiary/aromatic N) is 3. The van der Waals surface area contributed by atoms with Crippen LogP contribution in [0.25, 0.3) is 0 Å². The molecule has 0 radical (unpaired) electrons. The Labute approximate surface area is 160 Å². The zero-order chi connectivity index (χ0) is 19.8. The highest BCUT2D eigenvalue weighted by atomic mass is 16.2. The van der Waals surface area contributed by atoms with Crippen LogP contribution in [-0.2, 0) is 9.59 Å². The fraction of sp³-hybridized carbons (Fsp3) is 0.500. The minimum atomic E-state index is -0.572. The third-order valence-corrected chi connectivity index (χ3v) is 4.75. The minimum Gasteiger partial charge on any atom is -0.351 e. The molecule has 27 heavy (non-hydrogen) atoms. The predicted octanol–water partition coefficient (Wildman–Crippen LogP) is 1.62. The summed E-state index contributed by atoms with van der Waals surface area (Å²) < 4.78 is 0. The number of hydrogen-bond donors (Lipinski definition) is 1. The van der Waals surface area contributed by atoms with Gasteiger partial charge in [0.1, 0.15) is 6.04 Å². The summed E-state index contributed by atoms with van der Waals surface area (Å²) in [5.41, 5.74) is 0.489. The number of carbonyl (C=O) groups excluding carboxylic acids is 3. The summed E-state index contributed by atoms with van der Waals surface area (Å²) in [6.45, 7) is 7.18. The molecular weight excluding hydrogens is 344 g/mol. The molecule has 0 spiro atoms. The van der Waals surface area contributed by atoms with E-state index >= 15 is 0 Å². The molecule has 3 amide bonds. The normalized spacial score (nSPS) is 19.3. The fourth-order valence-electron chi connectivity index (χ4n) is 3.32. The molecular formula is C20H28N4O3. The predicted molar refractivity (Wildman–Crippen MR) is 103 cm³/mol. The Bertz CT molecular complexity index is 686. The number of carbonyl (C=O) groups is 3. The van der Waals surface area contributed by atoms with E-state index in [-0.39, 0.29) is 23.8 Å². The molecule has 0 saturated carbocycles. The van der Waals surface area contributed by atoms with Crippen molar-refractivity contribution in [3.05, 3.63) is 42.2 Å². The van der Waals surface area contributed by atoms with Gasteiger partial charge < -0.3 is 15.1 Å². The van der Waals surface area contributed by atoms with E-state index in [1.807, 2.05) is 26.8 Å². The maximum absolute atomic E-state index is 13.0. The molecule has 146 valence electrons. The second-order valence-corrected chi connectivity index (χ2v) is 6.49. The van der Waals surface area contributed by atoms with Gasteiger partial charge in [-0.1, -0.05) is 12.2 Å². The third-order valence-electron chi connectivity index (χ3n) is 4.75. The van der Waals surface area contributed by atoms with Gasteiger partial charge in [-0.25, -0.2) is 0 Å². The van der Waals surface area contributed by atoms with Crippen molar-refractivity contribution >= 4 is 17.7 Å². The molecule has 2 heterocycles. The molecule has 7 nitrogen and oxygen atoms in total. The van der Waals surface area contributed by atoms with Crippen LogP contribution in [0.2, 0.25) is 0 Å². The van der Waals surface area contributed by atoms with E-state index in [4.69, 9.17) is 0 Å². The van der Waals surface area contributed by atoms with E-state index in [1.165, 1.54) is 0 Å². The van der Waals surface area contributed by atoms with Crippen LogP contribution < -0.4 is 5.32 Å². The average Bonchev–Trinajstić information content (AvgIpc) is 3.10. The van der Waals surface area contributed by atoms with Crippen molar-refractivity contribution in [3.63, 3.8) is 0 Å². The fourth-order valence-corrected chi connectivity index (χ4v) is 3.32. The topological polar surface area (TPSA) is 82.6 Å². The zero-order valence-corrected chi connectivity index (χ0v) is 16.2. The summed E-state index contributed by atoms with van der Waals surface area (Å²) in [7, 11) is 0. The Morgan fingerprint density at radius 1 is 1.26 bits per heavy atom. The highest BCUT2D eigenvalue weighted by Crippen LogP contribution is 2.23. The molecule has 1 aliphatic heterocycles. The number of aromatic nitrogens is 1. The summed E-state index contributed by atoms with van der Waals surface area (Å²) in [5.74, 6) is -0.397. The van der Waals surface area contributed by atoms with Gasteiger partial charge >= 0.3 is 0 Å². The lowest BCUT2D eigenvalue weighted by molar-refractivity contribution is -0.135. The van der Waals surface area contributed by atoms with E-state index in [9.17, 15) is 14.4 Å². The van der Waals surface area contributed by atoms with Gasteiger partial charge in [-0.15, -0.1) is 0 Å². The first-order valence-electron chi connectivity index (χ1n) is 9.42. The van der Waals surface area contributed by atoms with Crippen molar-refractivity contribution in [2.45, 2.75) is 45.7 Å². The number of hydrogen-bond acceptors (Lipinski definition) is 4. The summed E-state index contributed by atoms with van der Waals surface area (Å²) in [4.78, 5) is 45.2. The molecule has 1 N–H and O–H groups in total. The highest BCUT2D eigenvalue weighted by Gasteiger charge is 2.41. The number of pyridine rings is 1. The number of allylic oxidation sites excluding steroid dienone is 1. The molecule has 2 atom stereocenters. The molecule has 1 aliphatic rings. The molecule has 0 bridgehead atoms. The lowest BCUT2D eigenvalue weighted by atomic mass is 10.1. The Morgan fingerprint density at radius 3 is 2.52 bits per heavy atom. The summed E-state index contributed by atoms with van der Waals surface area (Å²) in [6.07, 6.45) is 7.43. The Morgan fingerprint density at radius 2 is 1.93 bits per heavy atom. The van der Waals surface area contributed by atoms with E-state index < -0.39 is 6.04 Å². The van der Waals surface area contributed by atoms with Crippen molar-refractivity contribution in [2.24, 2.45) is 0 Å². The van der Waals surface area contributed by atoms with Gasteiger partial charge in [0.25, 0.3) is 5.91 Å². The van der Waals surface area contributed by atoms with Gasteiger partial charge in [-0.3, -0.25) is 19.4 Å². The Kier molecular flexibility index (Phi) is 7.52. The van der Waals surface area contributed by atoms with Crippen LogP contribution in [0.4, 0.5) is 0 Å². The molecule has 0 aliphatic carbocycles. The summed E-state index contributed by atoms with van der Waals surface area (Å²) in [5, 5.41) is 2.94. The molecule has 7 heteroatoms. The summed E-state index contributed by atoms with van der Waals surface area (Å²) >= 11 is 0. The lowest BCUT2D eigenvalue weighted by Crippen LogP contribution is -2.47. The van der Waals surface area contributed by atoms with Crippen molar-refractivity contribution in [1.29, 1.82) is 0 Å². The SMILES string of the molecule is CC=CCC(=O)N[C@H]1C[C@@H](C(=O)N(CC)CC)N(C(=O)c2ccncc2)C1. The van der Waals surface area contributed by atoms with E-state index in [0.717, 1.165) is 0 Å². The Balaban J connectivity index is 2.20. The van der Waals surface area contributed by atoms with Crippen LogP contribution >= 0.6 is 0 Å². The van der Waals surface area contributed by atoms with E-state index in [2.05, 4.69) is 10.3 Å². The molecule has 1 aromatic rings. The van der Waals surface area contributed by atoms with Crippen molar-refractivity contribution < 1.29 is 14.4 Å². The van der Waals surface area contributed by atoms with Gasteiger partial charge in [0.15, 0.2) is 0 Å². The zero-order valence-electron chi connectivity index (χ0n) is 16.2. The second-order valence-electron chi connectivity index (χ2n) is 6.49. The molecule has 0 unspecified atom stereocenters. The third kappa shape index (κ3) is 5.15. The van der Waals surface area contributed by atoms with Crippen LogP contribution in [0.5, 0.6) is 0 Å². The molecule has 1 saturated heterocycles. The van der Waals surface area contributed by atoms with Gasteiger partial charge in [0.2, 0.25) is 11.8 Å². The summed E-state index contributed by atoms with van der Waals surface area (Å²) in [6, 6.07) is 2.47. The largest absolute Gasteiger partial charge is 0.351 e. The monoisotopic (exact) mass is 372 g/mol. The quantitative estimate of drug-likeness (QED) is 0.737. The van der Waals surface area contributed by atoms with E-state index in [1.54, 1.807) is 40.4 Å². The first-order chi connectivity index (χ1) is 13.0. The minimum absolute atomic E-state index is 0.0763. The van der Waals surface area contributed by atoms with Gasteiger partial charge in [-0.05, 0) is 39.3 Å². The smallest absolute Gasteiger partial charge is 0.254 e. The molecule has 1 aromatic heterocycles. The van der Waals surface area contributed by atoms with Crippen LogP contribution in [0.15, 0.2) is 36.7 Å². The first-order valence-corrected chi connectivity index (χ1v) is 9.42. The maximum Gasteiger partial charge on any atom is 0.254 e. The van der Waals surface area contributed by atoms with Gasteiger partial charge in [0, 0.05) is 50.1 Å². The highest BCUT2D eigenvalue weighted by molar-refractivity contribution is 5.98. The van der Waals surface area contributed by atoms with Gasteiger partial charge in [-0.2, -0.15) is 0 Å². The molecule has 0 aromatic carbocycles.